The second-order valence-corrected chi connectivity index (χ2v) is 8.68. The van der Waals surface area contributed by atoms with Gasteiger partial charge in [0.05, 0.1) is 11.0 Å². The summed E-state index contributed by atoms with van der Waals surface area (Å²) < 4.78 is 25.0. The van der Waals surface area contributed by atoms with Gasteiger partial charge in [-0.2, -0.15) is 5.26 Å². The maximum Gasteiger partial charge on any atom is 0.198 e. The molecule has 1 fully saturated rings. The van der Waals surface area contributed by atoms with Crippen LogP contribution in [-0.2, 0) is 9.84 Å². The Morgan fingerprint density at radius 3 is 2.25 bits per heavy atom. The van der Waals surface area contributed by atoms with Gasteiger partial charge in [0, 0.05) is 4.47 Å². The Bertz CT molecular complexity index is 649. The van der Waals surface area contributed by atoms with E-state index in [-0.39, 0.29) is 10.3 Å². The Hall–Kier alpha value is -0.860. The van der Waals surface area contributed by atoms with Gasteiger partial charge in [-0.3, -0.25) is 0 Å². The number of nitrogens with zero attached hydrogens (tertiary/aromatic N) is 1. The molecular weight excluding hydrogens is 338 g/mol. The van der Waals surface area contributed by atoms with Gasteiger partial charge in [-0.1, -0.05) is 38.8 Å². The molecule has 5 heteroatoms. The van der Waals surface area contributed by atoms with Crippen LogP contribution in [-0.4, -0.2) is 13.2 Å². The van der Waals surface area contributed by atoms with E-state index < -0.39 is 14.6 Å². The van der Waals surface area contributed by atoms with Crippen molar-refractivity contribution < 1.29 is 8.42 Å². The molecule has 0 N–H and O–H groups in total. The molecule has 1 aromatic rings. The fraction of sp³-hybridized carbons (Fsp3) is 0.533. The maximum absolute atomic E-state index is 12.9. The molecule has 0 spiro atoms. The van der Waals surface area contributed by atoms with E-state index in [9.17, 15) is 13.7 Å². The van der Waals surface area contributed by atoms with Crippen molar-refractivity contribution in [2.24, 2.45) is 5.41 Å². The van der Waals surface area contributed by atoms with E-state index in [4.69, 9.17) is 0 Å². The van der Waals surface area contributed by atoms with E-state index in [1.807, 2.05) is 0 Å². The summed E-state index contributed by atoms with van der Waals surface area (Å²) in [5, 5.41) is 9.50. The SMILES string of the molecule is CCC1(CC)CC(C#N)(S(=O)(=O)c2ccccc2Br)C1. The number of hydrogen-bond acceptors (Lipinski definition) is 3. The van der Waals surface area contributed by atoms with Crippen LogP contribution in [0.25, 0.3) is 0 Å². The summed E-state index contributed by atoms with van der Waals surface area (Å²) in [7, 11) is -3.64. The largest absolute Gasteiger partial charge is 0.222 e. The maximum atomic E-state index is 12.9. The predicted molar refractivity (Wildman–Crippen MR) is 81.9 cm³/mol. The average Bonchev–Trinajstić information content (AvgIpc) is 2.39. The van der Waals surface area contributed by atoms with E-state index in [0.717, 1.165) is 12.8 Å². The van der Waals surface area contributed by atoms with E-state index >= 15 is 0 Å². The highest BCUT2D eigenvalue weighted by Crippen LogP contribution is 2.58. The van der Waals surface area contributed by atoms with Gasteiger partial charge in [0.15, 0.2) is 14.6 Å². The summed E-state index contributed by atoms with van der Waals surface area (Å²) in [6.07, 6.45) is 2.71. The molecule has 0 aliphatic heterocycles. The highest BCUT2D eigenvalue weighted by molar-refractivity contribution is 9.10. The summed E-state index contributed by atoms with van der Waals surface area (Å²) in [5.41, 5.74) is 0.00402. The molecule has 0 atom stereocenters. The highest BCUT2D eigenvalue weighted by atomic mass is 79.9. The number of hydrogen-bond donors (Lipinski definition) is 0. The third-order valence-corrected chi connectivity index (χ3v) is 7.96. The molecule has 0 heterocycles. The van der Waals surface area contributed by atoms with E-state index in [1.165, 1.54) is 0 Å². The van der Waals surface area contributed by atoms with Crippen LogP contribution in [0.4, 0.5) is 0 Å². The second-order valence-electron chi connectivity index (χ2n) is 5.60. The van der Waals surface area contributed by atoms with E-state index in [0.29, 0.717) is 17.3 Å². The van der Waals surface area contributed by atoms with Crippen LogP contribution in [0, 0.1) is 16.7 Å². The number of rotatable bonds is 4. The van der Waals surface area contributed by atoms with Gasteiger partial charge in [0.2, 0.25) is 0 Å². The van der Waals surface area contributed by atoms with Crippen LogP contribution in [0.1, 0.15) is 39.5 Å². The minimum atomic E-state index is -3.64. The summed E-state index contributed by atoms with van der Waals surface area (Å²) in [6.45, 7) is 4.13. The van der Waals surface area contributed by atoms with E-state index in [2.05, 4.69) is 35.8 Å². The van der Waals surface area contributed by atoms with Crippen LogP contribution < -0.4 is 0 Å². The van der Waals surface area contributed by atoms with Crippen LogP contribution in [0.2, 0.25) is 0 Å². The molecule has 108 valence electrons. The fourth-order valence-electron chi connectivity index (χ4n) is 3.11. The molecule has 0 aromatic heterocycles. The lowest BCUT2D eigenvalue weighted by atomic mass is 9.59. The molecule has 0 amide bonds. The van der Waals surface area contributed by atoms with Crippen molar-refractivity contribution in [3.63, 3.8) is 0 Å². The van der Waals surface area contributed by atoms with Crippen LogP contribution in [0.5, 0.6) is 0 Å². The smallest absolute Gasteiger partial charge is 0.198 e. The van der Waals surface area contributed by atoms with Crippen LogP contribution in [0.15, 0.2) is 33.6 Å². The third-order valence-electron chi connectivity index (χ3n) is 4.67. The van der Waals surface area contributed by atoms with Gasteiger partial charge in [0.25, 0.3) is 0 Å². The lowest BCUT2D eigenvalue weighted by molar-refractivity contribution is 0.0926. The summed E-state index contributed by atoms with van der Waals surface area (Å²) in [5.74, 6) is 0. The molecule has 0 bridgehead atoms. The molecule has 1 aromatic carbocycles. The molecule has 1 aliphatic carbocycles. The Morgan fingerprint density at radius 2 is 1.80 bits per heavy atom. The zero-order valence-corrected chi connectivity index (χ0v) is 14.1. The van der Waals surface area contributed by atoms with Crippen molar-refractivity contribution in [2.45, 2.75) is 49.2 Å². The summed E-state index contributed by atoms with van der Waals surface area (Å²) in [4.78, 5) is 0.224. The number of nitriles is 1. The standard InChI is InChI=1S/C15H18BrNO2S/c1-3-14(4-2)9-15(10-14,11-17)20(18,19)13-8-6-5-7-12(13)16/h5-8H,3-4,9-10H2,1-2H3. The normalized spacial score (nSPS) is 19.9. The van der Waals surface area contributed by atoms with Crippen molar-refractivity contribution in [1.29, 1.82) is 5.26 Å². The van der Waals surface area contributed by atoms with E-state index in [1.54, 1.807) is 24.3 Å². The first-order valence-electron chi connectivity index (χ1n) is 6.77. The first-order chi connectivity index (χ1) is 9.36. The highest BCUT2D eigenvalue weighted by Gasteiger charge is 2.61. The van der Waals surface area contributed by atoms with Gasteiger partial charge in [-0.15, -0.1) is 0 Å². The Labute approximate surface area is 129 Å². The van der Waals surface area contributed by atoms with Gasteiger partial charge < -0.3 is 0 Å². The van der Waals surface area contributed by atoms with Crippen molar-refractivity contribution >= 4 is 25.8 Å². The van der Waals surface area contributed by atoms with Crippen molar-refractivity contribution in [3.8, 4) is 6.07 Å². The first kappa shape index (κ1) is 15.5. The lowest BCUT2D eigenvalue weighted by Crippen LogP contribution is -2.55. The predicted octanol–water partition coefficient (Wildman–Crippen LogP) is 4.09. The quantitative estimate of drug-likeness (QED) is 0.817. The summed E-state index contributed by atoms with van der Waals surface area (Å²) in [6, 6.07) is 8.82. The fourth-order valence-corrected chi connectivity index (χ4v) is 6.15. The molecule has 0 radical (unpaired) electrons. The van der Waals surface area contributed by atoms with Gasteiger partial charge >= 0.3 is 0 Å². The molecule has 3 nitrogen and oxygen atoms in total. The zero-order valence-electron chi connectivity index (χ0n) is 11.7. The molecule has 1 saturated carbocycles. The van der Waals surface area contributed by atoms with Gasteiger partial charge in [0.1, 0.15) is 0 Å². The Balaban J connectivity index is 2.45. The Morgan fingerprint density at radius 1 is 1.25 bits per heavy atom. The van der Waals surface area contributed by atoms with Crippen molar-refractivity contribution in [3.05, 3.63) is 28.7 Å². The first-order valence-corrected chi connectivity index (χ1v) is 9.04. The second kappa shape index (κ2) is 5.16. The molecule has 0 unspecified atom stereocenters. The Kier molecular flexibility index (Phi) is 4.01. The molecular formula is C15H18BrNO2S. The third kappa shape index (κ3) is 2.10. The number of benzene rings is 1. The molecule has 0 saturated heterocycles. The monoisotopic (exact) mass is 355 g/mol. The van der Waals surface area contributed by atoms with Crippen molar-refractivity contribution in [1.82, 2.24) is 0 Å². The zero-order chi connectivity index (χ0) is 15.0. The van der Waals surface area contributed by atoms with Gasteiger partial charge in [-0.25, -0.2) is 8.42 Å². The topological polar surface area (TPSA) is 57.9 Å². The van der Waals surface area contributed by atoms with Crippen molar-refractivity contribution in [2.75, 3.05) is 0 Å². The molecule has 2 rings (SSSR count). The minimum absolute atomic E-state index is 0.00402. The van der Waals surface area contributed by atoms with Gasteiger partial charge in [-0.05, 0) is 46.3 Å². The summed E-state index contributed by atoms with van der Waals surface area (Å²) >= 11 is 3.28. The average molecular weight is 356 g/mol. The van der Waals surface area contributed by atoms with Crippen LogP contribution >= 0.6 is 15.9 Å². The molecule has 20 heavy (non-hydrogen) atoms. The minimum Gasteiger partial charge on any atom is -0.222 e. The number of halogens is 1. The number of sulfone groups is 1. The lowest BCUT2D eigenvalue weighted by Gasteiger charge is -2.51. The van der Waals surface area contributed by atoms with Crippen LogP contribution in [0.3, 0.4) is 0 Å². The molecule has 1 aliphatic rings.